The van der Waals surface area contributed by atoms with Crippen LogP contribution in [0.15, 0.2) is 42.6 Å². The number of hydrogen-bond donors (Lipinski definition) is 0. The number of methoxy groups -OCH3 is 1. The summed E-state index contributed by atoms with van der Waals surface area (Å²) in [5, 5.41) is 8.90. The van der Waals surface area contributed by atoms with Gasteiger partial charge in [-0.2, -0.15) is 0 Å². The first-order chi connectivity index (χ1) is 9.28. The number of fused-ring (bicyclic) bond motifs is 1. The van der Waals surface area contributed by atoms with E-state index >= 15 is 0 Å². The molecule has 19 heavy (non-hydrogen) atoms. The zero-order valence-electron chi connectivity index (χ0n) is 10.4. The van der Waals surface area contributed by atoms with Crippen molar-refractivity contribution in [1.82, 2.24) is 14.6 Å². The lowest BCUT2D eigenvalue weighted by Gasteiger charge is -2.03. The first-order valence-electron chi connectivity index (χ1n) is 5.89. The van der Waals surface area contributed by atoms with Crippen LogP contribution < -0.4 is 4.74 Å². The average Bonchev–Trinajstić information content (AvgIpc) is 2.84. The van der Waals surface area contributed by atoms with Crippen LogP contribution in [-0.4, -0.2) is 21.7 Å². The molecule has 1 aromatic carbocycles. The molecular weight excluding hydrogens is 262 g/mol. The van der Waals surface area contributed by atoms with Gasteiger partial charge in [-0.25, -0.2) is 0 Å². The molecule has 0 radical (unpaired) electrons. The van der Waals surface area contributed by atoms with Gasteiger partial charge in [0.05, 0.1) is 12.1 Å². The monoisotopic (exact) mass is 273 g/mol. The Morgan fingerprint density at radius 3 is 2.68 bits per heavy atom. The van der Waals surface area contributed by atoms with Crippen LogP contribution in [0.1, 0.15) is 11.4 Å². The predicted octanol–water partition coefficient (Wildman–Crippen LogP) is 2.98. The predicted molar refractivity (Wildman–Crippen MR) is 73.8 cm³/mol. The lowest BCUT2D eigenvalue weighted by Crippen LogP contribution is -1.96. The molecule has 0 amide bonds. The Morgan fingerprint density at radius 2 is 1.95 bits per heavy atom. The van der Waals surface area contributed by atoms with Gasteiger partial charge in [0.2, 0.25) is 0 Å². The van der Waals surface area contributed by atoms with Crippen LogP contribution in [0.4, 0.5) is 0 Å². The lowest BCUT2D eigenvalue weighted by molar-refractivity contribution is 0.414. The zero-order chi connectivity index (χ0) is 13.2. The van der Waals surface area contributed by atoms with Gasteiger partial charge in [-0.15, -0.1) is 10.2 Å². The molecule has 0 atom stereocenters. The normalized spacial score (nSPS) is 10.8. The molecule has 2 aromatic heterocycles. The summed E-state index contributed by atoms with van der Waals surface area (Å²) in [6, 6.07) is 11.6. The van der Waals surface area contributed by atoms with Crippen LogP contribution >= 0.6 is 11.6 Å². The maximum atomic E-state index is 6.07. The van der Waals surface area contributed by atoms with E-state index in [2.05, 4.69) is 10.2 Å². The minimum absolute atomic E-state index is 0.607. The van der Waals surface area contributed by atoms with E-state index in [0.29, 0.717) is 17.1 Å². The molecule has 0 aliphatic rings. The quantitative estimate of drug-likeness (QED) is 0.736. The van der Waals surface area contributed by atoms with Crippen molar-refractivity contribution in [2.24, 2.45) is 0 Å². The van der Waals surface area contributed by atoms with E-state index in [0.717, 1.165) is 17.1 Å². The molecule has 5 heteroatoms. The smallest absolute Gasteiger partial charge is 0.179 e. The highest BCUT2D eigenvalue weighted by Crippen LogP contribution is 2.18. The van der Waals surface area contributed by atoms with Crippen LogP contribution in [0.5, 0.6) is 5.75 Å². The van der Waals surface area contributed by atoms with Crippen molar-refractivity contribution in [3.63, 3.8) is 0 Å². The number of rotatable bonds is 3. The molecule has 3 rings (SSSR count). The number of benzene rings is 1. The molecule has 0 spiro atoms. The van der Waals surface area contributed by atoms with Crippen molar-refractivity contribution in [1.29, 1.82) is 0 Å². The highest BCUT2D eigenvalue weighted by atomic mass is 35.5. The number of pyridine rings is 1. The summed E-state index contributed by atoms with van der Waals surface area (Å²) in [7, 11) is 1.66. The molecule has 2 heterocycles. The number of aromatic nitrogens is 3. The van der Waals surface area contributed by atoms with Crippen molar-refractivity contribution in [2.75, 3.05) is 7.11 Å². The van der Waals surface area contributed by atoms with Gasteiger partial charge in [0, 0.05) is 12.6 Å². The highest BCUT2D eigenvalue weighted by molar-refractivity contribution is 6.33. The minimum atomic E-state index is 0.607. The summed E-state index contributed by atoms with van der Waals surface area (Å²) < 4.78 is 7.05. The Kier molecular flexibility index (Phi) is 3.09. The third-order valence-corrected chi connectivity index (χ3v) is 3.27. The maximum Gasteiger partial charge on any atom is 0.179 e. The summed E-state index contributed by atoms with van der Waals surface area (Å²) in [4.78, 5) is 0. The molecule has 96 valence electrons. The fourth-order valence-electron chi connectivity index (χ4n) is 1.98. The van der Waals surface area contributed by atoms with Gasteiger partial charge in [0.25, 0.3) is 0 Å². The van der Waals surface area contributed by atoms with Crippen molar-refractivity contribution >= 4 is 17.2 Å². The van der Waals surface area contributed by atoms with Gasteiger partial charge in [0.1, 0.15) is 11.6 Å². The lowest BCUT2D eigenvalue weighted by atomic mass is 10.1. The SMILES string of the molecule is COc1ccc(Cc2nnc3c(Cl)cccn23)cc1. The second-order valence-corrected chi connectivity index (χ2v) is 4.60. The van der Waals surface area contributed by atoms with Crippen LogP contribution in [-0.2, 0) is 6.42 Å². The first-order valence-corrected chi connectivity index (χ1v) is 6.27. The van der Waals surface area contributed by atoms with Crippen LogP contribution in [0.25, 0.3) is 5.65 Å². The molecule has 3 aromatic rings. The number of ether oxygens (including phenoxy) is 1. The molecule has 0 bridgehead atoms. The van der Waals surface area contributed by atoms with Gasteiger partial charge < -0.3 is 4.74 Å². The summed E-state index contributed by atoms with van der Waals surface area (Å²) in [5.41, 5.74) is 1.84. The van der Waals surface area contributed by atoms with E-state index in [1.165, 1.54) is 0 Å². The van der Waals surface area contributed by atoms with E-state index in [4.69, 9.17) is 16.3 Å². The molecule has 4 nitrogen and oxygen atoms in total. The van der Waals surface area contributed by atoms with Gasteiger partial charge >= 0.3 is 0 Å². The molecular formula is C14H12ClN3O. The zero-order valence-corrected chi connectivity index (χ0v) is 11.1. The van der Waals surface area contributed by atoms with Crippen LogP contribution in [0.3, 0.4) is 0 Å². The molecule has 0 unspecified atom stereocenters. The average molecular weight is 274 g/mol. The fraction of sp³-hybridized carbons (Fsp3) is 0.143. The van der Waals surface area contributed by atoms with Gasteiger partial charge in [-0.05, 0) is 29.8 Å². The largest absolute Gasteiger partial charge is 0.497 e. The van der Waals surface area contributed by atoms with E-state index in [-0.39, 0.29) is 0 Å². The van der Waals surface area contributed by atoms with E-state index in [1.54, 1.807) is 7.11 Å². The summed E-state index contributed by atoms with van der Waals surface area (Å²) >= 11 is 6.07. The second-order valence-electron chi connectivity index (χ2n) is 4.19. The maximum absolute atomic E-state index is 6.07. The second kappa shape index (κ2) is 4.90. The third kappa shape index (κ3) is 2.27. The van der Waals surface area contributed by atoms with Gasteiger partial charge in [-0.3, -0.25) is 4.40 Å². The van der Waals surface area contributed by atoms with Crippen molar-refractivity contribution in [2.45, 2.75) is 6.42 Å². The number of halogens is 1. The van der Waals surface area contributed by atoms with Crippen molar-refractivity contribution < 1.29 is 4.74 Å². The minimum Gasteiger partial charge on any atom is -0.497 e. The number of nitrogens with zero attached hydrogens (tertiary/aromatic N) is 3. The Bertz CT molecular complexity index is 706. The molecule has 0 aliphatic carbocycles. The fourth-order valence-corrected chi connectivity index (χ4v) is 2.18. The standard InChI is InChI=1S/C14H12ClN3O/c1-19-11-6-4-10(5-7-11)9-13-16-17-14-12(15)3-2-8-18(13)14/h2-8H,9H2,1H3. The first kappa shape index (κ1) is 12.0. The summed E-state index contributed by atoms with van der Waals surface area (Å²) in [6.45, 7) is 0. The topological polar surface area (TPSA) is 39.4 Å². The Labute approximate surface area is 115 Å². The van der Waals surface area contributed by atoms with Gasteiger partial charge in [-0.1, -0.05) is 23.7 Å². The van der Waals surface area contributed by atoms with Gasteiger partial charge in [0.15, 0.2) is 5.65 Å². The molecule has 0 saturated carbocycles. The van der Waals surface area contributed by atoms with Crippen molar-refractivity contribution in [3.8, 4) is 5.75 Å². The molecule has 0 N–H and O–H groups in total. The van der Waals surface area contributed by atoms with Crippen molar-refractivity contribution in [3.05, 3.63) is 59.0 Å². The molecule has 0 saturated heterocycles. The molecule has 0 aliphatic heterocycles. The van der Waals surface area contributed by atoms with Crippen LogP contribution in [0, 0.1) is 0 Å². The van der Waals surface area contributed by atoms with E-state index in [1.807, 2.05) is 47.0 Å². The van der Waals surface area contributed by atoms with E-state index in [9.17, 15) is 0 Å². The highest BCUT2D eigenvalue weighted by Gasteiger charge is 2.08. The Balaban J connectivity index is 1.94. The summed E-state index contributed by atoms with van der Waals surface area (Å²) in [5.74, 6) is 1.71. The number of hydrogen-bond acceptors (Lipinski definition) is 3. The Morgan fingerprint density at radius 1 is 1.16 bits per heavy atom. The van der Waals surface area contributed by atoms with E-state index < -0.39 is 0 Å². The molecule has 0 fully saturated rings. The summed E-state index contributed by atoms with van der Waals surface area (Å²) in [6.07, 6.45) is 2.62. The van der Waals surface area contributed by atoms with Crippen LogP contribution in [0.2, 0.25) is 5.02 Å². The Hall–Kier alpha value is -2.07. The third-order valence-electron chi connectivity index (χ3n) is 2.98.